The highest BCUT2D eigenvalue weighted by molar-refractivity contribution is 5.79. The third-order valence-electron chi connectivity index (χ3n) is 5.56. The lowest BCUT2D eigenvalue weighted by atomic mass is 9.94. The number of amides is 1. The predicted molar refractivity (Wildman–Crippen MR) is 107 cm³/mol. The first kappa shape index (κ1) is 19.6. The molecule has 0 bridgehead atoms. The number of likely N-dealkylation sites (tertiary alicyclic amines) is 1. The molecule has 3 rings (SSSR count). The molecule has 0 spiro atoms. The van der Waals surface area contributed by atoms with Crippen LogP contribution in [0.3, 0.4) is 0 Å². The van der Waals surface area contributed by atoms with E-state index in [0.717, 1.165) is 43.5 Å². The van der Waals surface area contributed by atoms with Gasteiger partial charge in [-0.05, 0) is 56.5 Å². The van der Waals surface area contributed by atoms with Gasteiger partial charge in [0.05, 0.1) is 6.04 Å². The van der Waals surface area contributed by atoms with Gasteiger partial charge in [0.25, 0.3) is 0 Å². The second-order valence-electron chi connectivity index (χ2n) is 7.47. The molecule has 2 aromatic carbocycles. The number of benzene rings is 2. The van der Waals surface area contributed by atoms with Crippen LogP contribution in [0.25, 0.3) is 0 Å². The van der Waals surface area contributed by atoms with Crippen LogP contribution in [-0.2, 0) is 17.8 Å². The van der Waals surface area contributed by atoms with E-state index in [-0.39, 0.29) is 23.7 Å². The number of piperidine rings is 1. The zero-order chi connectivity index (χ0) is 19.2. The topological polar surface area (TPSA) is 32.3 Å². The van der Waals surface area contributed by atoms with Crippen LogP contribution in [0.2, 0.25) is 0 Å². The minimum absolute atomic E-state index is 0.0138. The van der Waals surface area contributed by atoms with E-state index in [1.807, 2.05) is 19.1 Å². The molecule has 0 saturated carbocycles. The summed E-state index contributed by atoms with van der Waals surface area (Å²) in [6.45, 7) is 6.43. The summed E-state index contributed by atoms with van der Waals surface area (Å²) in [5, 5.41) is 3.16. The molecule has 0 radical (unpaired) electrons. The van der Waals surface area contributed by atoms with Gasteiger partial charge in [-0.15, -0.1) is 0 Å². The van der Waals surface area contributed by atoms with Crippen LogP contribution >= 0.6 is 0 Å². The van der Waals surface area contributed by atoms with Crippen LogP contribution in [0.15, 0.2) is 48.5 Å². The summed E-state index contributed by atoms with van der Waals surface area (Å²) in [5.74, 6) is 0.0205. The van der Waals surface area contributed by atoms with Crippen molar-refractivity contribution in [3.8, 4) is 0 Å². The quantitative estimate of drug-likeness (QED) is 0.815. The molecule has 1 N–H and O–H groups in total. The van der Waals surface area contributed by atoms with E-state index in [2.05, 4.69) is 41.4 Å². The van der Waals surface area contributed by atoms with Gasteiger partial charge in [-0.25, -0.2) is 4.39 Å². The fourth-order valence-electron chi connectivity index (χ4n) is 3.68. The Kier molecular flexibility index (Phi) is 6.62. The fraction of sp³-hybridized carbons (Fsp3) is 0.435. The van der Waals surface area contributed by atoms with Gasteiger partial charge in [-0.1, -0.05) is 49.4 Å². The molecule has 2 aromatic rings. The van der Waals surface area contributed by atoms with Crippen LogP contribution in [0.4, 0.5) is 4.39 Å². The van der Waals surface area contributed by atoms with E-state index in [0.29, 0.717) is 6.54 Å². The molecule has 1 aliphatic heterocycles. The minimum Gasteiger partial charge on any atom is -0.349 e. The Morgan fingerprint density at radius 2 is 1.81 bits per heavy atom. The first-order chi connectivity index (χ1) is 13.1. The summed E-state index contributed by atoms with van der Waals surface area (Å²) < 4.78 is 13.8. The molecule has 3 nitrogen and oxygen atoms in total. The smallest absolute Gasteiger partial charge is 0.223 e. The Labute approximate surface area is 161 Å². The molecule has 1 aliphatic rings. The third-order valence-corrected chi connectivity index (χ3v) is 5.56. The van der Waals surface area contributed by atoms with Crippen LogP contribution in [0, 0.1) is 11.7 Å². The maximum atomic E-state index is 13.8. The van der Waals surface area contributed by atoms with Gasteiger partial charge in [0.15, 0.2) is 0 Å². The number of hydrogen-bond acceptors (Lipinski definition) is 2. The average Bonchev–Trinajstić information content (AvgIpc) is 2.70. The maximum Gasteiger partial charge on any atom is 0.223 e. The molecule has 4 heteroatoms. The van der Waals surface area contributed by atoms with Crippen molar-refractivity contribution in [1.29, 1.82) is 0 Å². The molecule has 1 heterocycles. The van der Waals surface area contributed by atoms with Crippen molar-refractivity contribution in [2.24, 2.45) is 5.92 Å². The van der Waals surface area contributed by atoms with E-state index in [1.54, 1.807) is 6.07 Å². The number of aryl methyl sites for hydroxylation is 1. The van der Waals surface area contributed by atoms with Crippen LogP contribution < -0.4 is 5.32 Å². The van der Waals surface area contributed by atoms with Crippen molar-refractivity contribution in [1.82, 2.24) is 10.2 Å². The SMILES string of the molecule is CCc1ccc([C@@H](C)NC(=O)C2CCN(Cc3ccccc3F)CC2)cc1. The molecule has 27 heavy (non-hydrogen) atoms. The molecule has 1 atom stereocenters. The standard InChI is InChI=1S/C23H29FN2O/c1-3-18-8-10-19(11-9-18)17(2)25-23(27)20-12-14-26(15-13-20)16-21-6-4-5-7-22(21)24/h4-11,17,20H,3,12-16H2,1-2H3,(H,25,27)/t17-/m1/s1. The summed E-state index contributed by atoms with van der Waals surface area (Å²) in [6.07, 6.45) is 2.66. The summed E-state index contributed by atoms with van der Waals surface area (Å²) in [6, 6.07) is 15.4. The highest BCUT2D eigenvalue weighted by atomic mass is 19.1. The lowest BCUT2D eigenvalue weighted by Crippen LogP contribution is -2.41. The zero-order valence-electron chi connectivity index (χ0n) is 16.2. The minimum atomic E-state index is -0.153. The summed E-state index contributed by atoms with van der Waals surface area (Å²) >= 11 is 0. The molecule has 144 valence electrons. The Bertz CT molecular complexity index is 751. The van der Waals surface area contributed by atoms with Crippen molar-refractivity contribution in [3.63, 3.8) is 0 Å². The Morgan fingerprint density at radius 3 is 2.44 bits per heavy atom. The number of hydrogen-bond donors (Lipinski definition) is 1. The van der Waals surface area contributed by atoms with Crippen LogP contribution in [0.1, 0.15) is 49.4 Å². The molecule has 1 saturated heterocycles. The van der Waals surface area contributed by atoms with Gasteiger partial charge in [-0.2, -0.15) is 0 Å². The molecule has 0 aliphatic carbocycles. The van der Waals surface area contributed by atoms with E-state index < -0.39 is 0 Å². The lowest BCUT2D eigenvalue weighted by molar-refractivity contribution is -0.127. The van der Waals surface area contributed by atoms with Crippen molar-refractivity contribution in [2.75, 3.05) is 13.1 Å². The number of carbonyl (C=O) groups excluding carboxylic acids is 1. The highest BCUT2D eigenvalue weighted by Gasteiger charge is 2.26. The first-order valence-corrected chi connectivity index (χ1v) is 9.91. The monoisotopic (exact) mass is 368 g/mol. The van der Waals surface area contributed by atoms with Gasteiger partial charge >= 0.3 is 0 Å². The van der Waals surface area contributed by atoms with Crippen molar-refractivity contribution >= 4 is 5.91 Å². The highest BCUT2D eigenvalue weighted by Crippen LogP contribution is 2.22. The van der Waals surface area contributed by atoms with Crippen molar-refractivity contribution in [3.05, 3.63) is 71.0 Å². The summed E-state index contributed by atoms with van der Waals surface area (Å²) in [5.41, 5.74) is 3.17. The molecule has 0 unspecified atom stereocenters. The summed E-state index contributed by atoms with van der Waals surface area (Å²) in [4.78, 5) is 14.9. The second kappa shape index (κ2) is 9.14. The van der Waals surface area contributed by atoms with Crippen molar-refractivity contribution in [2.45, 2.75) is 45.7 Å². The molecular formula is C23H29FN2O. The van der Waals surface area contributed by atoms with Crippen LogP contribution in [0.5, 0.6) is 0 Å². The van der Waals surface area contributed by atoms with E-state index >= 15 is 0 Å². The van der Waals surface area contributed by atoms with Gasteiger partial charge in [0, 0.05) is 18.0 Å². The van der Waals surface area contributed by atoms with Crippen LogP contribution in [-0.4, -0.2) is 23.9 Å². The number of nitrogens with zero attached hydrogens (tertiary/aromatic N) is 1. The normalized spacial score (nSPS) is 16.9. The van der Waals surface area contributed by atoms with Gasteiger partial charge in [0.2, 0.25) is 5.91 Å². The predicted octanol–water partition coefficient (Wildman–Crippen LogP) is 4.48. The molecule has 1 amide bonds. The van der Waals surface area contributed by atoms with Gasteiger partial charge in [0.1, 0.15) is 5.82 Å². The number of halogens is 1. The van der Waals surface area contributed by atoms with E-state index in [9.17, 15) is 9.18 Å². The number of rotatable bonds is 6. The zero-order valence-corrected chi connectivity index (χ0v) is 16.2. The second-order valence-corrected chi connectivity index (χ2v) is 7.47. The summed E-state index contributed by atoms with van der Waals surface area (Å²) in [7, 11) is 0. The number of carbonyl (C=O) groups is 1. The molecule has 0 aromatic heterocycles. The number of nitrogens with one attached hydrogen (secondary N) is 1. The van der Waals surface area contributed by atoms with Gasteiger partial charge < -0.3 is 5.32 Å². The van der Waals surface area contributed by atoms with Gasteiger partial charge in [-0.3, -0.25) is 9.69 Å². The third kappa shape index (κ3) is 5.16. The lowest BCUT2D eigenvalue weighted by Gasteiger charge is -2.32. The molecule has 1 fully saturated rings. The van der Waals surface area contributed by atoms with E-state index in [4.69, 9.17) is 0 Å². The molecular weight excluding hydrogens is 339 g/mol. The van der Waals surface area contributed by atoms with Crippen molar-refractivity contribution < 1.29 is 9.18 Å². The largest absolute Gasteiger partial charge is 0.349 e. The average molecular weight is 368 g/mol. The Morgan fingerprint density at radius 1 is 1.15 bits per heavy atom. The Balaban J connectivity index is 1.48. The van der Waals surface area contributed by atoms with E-state index in [1.165, 1.54) is 11.6 Å². The fourth-order valence-corrected chi connectivity index (χ4v) is 3.68. The Hall–Kier alpha value is -2.20. The maximum absolute atomic E-state index is 13.8. The first-order valence-electron chi connectivity index (χ1n) is 9.91.